The van der Waals surface area contributed by atoms with Crippen molar-refractivity contribution in [1.82, 2.24) is 10.3 Å². The highest BCUT2D eigenvalue weighted by molar-refractivity contribution is 7.20. The van der Waals surface area contributed by atoms with E-state index in [9.17, 15) is 4.79 Å². The van der Waals surface area contributed by atoms with Gasteiger partial charge in [0.25, 0.3) is 5.91 Å². The predicted octanol–water partition coefficient (Wildman–Crippen LogP) is 3.83. The summed E-state index contributed by atoms with van der Waals surface area (Å²) in [6.45, 7) is 2.67. The lowest BCUT2D eigenvalue weighted by Crippen LogP contribution is -2.23. The summed E-state index contributed by atoms with van der Waals surface area (Å²) in [4.78, 5) is 19.9. The van der Waals surface area contributed by atoms with Crippen molar-refractivity contribution >= 4 is 33.1 Å². The van der Waals surface area contributed by atoms with E-state index in [-0.39, 0.29) is 5.91 Å². The van der Waals surface area contributed by atoms with Crippen LogP contribution in [0.5, 0.6) is 0 Å². The number of nitrogens with one attached hydrogen (secondary N) is 1. The molecule has 1 aromatic carbocycles. The van der Waals surface area contributed by atoms with Gasteiger partial charge in [-0.15, -0.1) is 11.3 Å². The van der Waals surface area contributed by atoms with Crippen LogP contribution in [0.4, 0.5) is 5.82 Å². The number of nitrogens with zero attached hydrogens (tertiary/aromatic N) is 2. The summed E-state index contributed by atoms with van der Waals surface area (Å²) in [5.74, 6) is 0.997. The third-order valence-corrected chi connectivity index (χ3v) is 5.46. The van der Waals surface area contributed by atoms with Crippen molar-refractivity contribution in [1.29, 1.82) is 0 Å². The molecule has 1 N–H and O–H groups in total. The van der Waals surface area contributed by atoms with E-state index in [0.29, 0.717) is 6.54 Å². The fourth-order valence-corrected chi connectivity index (χ4v) is 4.03. The Morgan fingerprint density at radius 2 is 2.00 bits per heavy atom. The molecule has 0 spiro atoms. The van der Waals surface area contributed by atoms with Crippen LogP contribution in [0, 0.1) is 0 Å². The summed E-state index contributed by atoms with van der Waals surface area (Å²) in [7, 11) is 0. The Bertz CT molecular complexity index is 835. The molecule has 4 rings (SSSR count). The number of hydrogen-bond acceptors (Lipinski definition) is 4. The second-order valence-electron chi connectivity index (χ2n) is 6.05. The predicted molar refractivity (Wildman–Crippen MR) is 98.7 cm³/mol. The fourth-order valence-electron chi connectivity index (χ4n) is 3.05. The van der Waals surface area contributed by atoms with Crippen molar-refractivity contribution in [2.75, 3.05) is 18.0 Å². The zero-order chi connectivity index (χ0) is 16.4. The van der Waals surface area contributed by atoms with Gasteiger partial charge in [0.05, 0.1) is 4.88 Å². The third kappa shape index (κ3) is 3.12. The second kappa shape index (κ2) is 6.61. The van der Waals surface area contributed by atoms with Crippen molar-refractivity contribution in [3.05, 3.63) is 59.1 Å². The van der Waals surface area contributed by atoms with Gasteiger partial charge in [-0.05, 0) is 48.1 Å². The van der Waals surface area contributed by atoms with Crippen LogP contribution < -0.4 is 10.2 Å². The second-order valence-corrected chi connectivity index (χ2v) is 7.13. The van der Waals surface area contributed by atoms with Crippen LogP contribution in [-0.2, 0) is 6.54 Å². The van der Waals surface area contributed by atoms with Crippen molar-refractivity contribution in [3.8, 4) is 0 Å². The van der Waals surface area contributed by atoms with E-state index in [4.69, 9.17) is 0 Å². The van der Waals surface area contributed by atoms with Crippen molar-refractivity contribution in [2.24, 2.45) is 0 Å². The number of carbonyl (C=O) groups excluding carboxylic acids is 1. The van der Waals surface area contributed by atoms with Crippen LogP contribution >= 0.6 is 11.3 Å². The molecule has 3 heterocycles. The molecule has 24 heavy (non-hydrogen) atoms. The number of pyridine rings is 1. The number of thiophene rings is 1. The van der Waals surface area contributed by atoms with Crippen molar-refractivity contribution in [3.63, 3.8) is 0 Å². The highest BCUT2D eigenvalue weighted by Gasteiger charge is 2.14. The molecule has 2 aromatic heterocycles. The maximum absolute atomic E-state index is 12.4. The molecule has 5 heteroatoms. The number of rotatable bonds is 4. The lowest BCUT2D eigenvalue weighted by atomic mass is 10.2. The molecule has 4 nitrogen and oxygen atoms in total. The molecular formula is C19H19N3OS. The van der Waals surface area contributed by atoms with E-state index in [1.54, 1.807) is 0 Å². The van der Waals surface area contributed by atoms with Crippen molar-refractivity contribution in [2.45, 2.75) is 19.4 Å². The molecule has 0 atom stereocenters. The Kier molecular flexibility index (Phi) is 4.17. The van der Waals surface area contributed by atoms with Gasteiger partial charge in [0.2, 0.25) is 0 Å². The van der Waals surface area contributed by atoms with Gasteiger partial charge in [-0.2, -0.15) is 0 Å². The van der Waals surface area contributed by atoms with E-state index >= 15 is 0 Å². The first kappa shape index (κ1) is 15.1. The largest absolute Gasteiger partial charge is 0.357 e. The molecule has 0 radical (unpaired) electrons. The average Bonchev–Trinajstić information content (AvgIpc) is 3.29. The first-order chi connectivity index (χ1) is 11.8. The van der Waals surface area contributed by atoms with E-state index in [0.717, 1.165) is 39.4 Å². The Hall–Kier alpha value is -2.40. The first-order valence-corrected chi connectivity index (χ1v) is 9.08. The van der Waals surface area contributed by atoms with Crippen LogP contribution in [0.1, 0.15) is 28.1 Å². The average molecular weight is 337 g/mol. The number of fused-ring (bicyclic) bond motifs is 1. The molecule has 0 bridgehead atoms. The summed E-state index contributed by atoms with van der Waals surface area (Å²) in [6, 6.07) is 14.1. The van der Waals surface area contributed by atoms with Crippen LogP contribution in [0.3, 0.4) is 0 Å². The van der Waals surface area contributed by atoms with E-state index in [1.165, 1.54) is 24.2 Å². The number of amides is 1. The molecular weight excluding hydrogens is 318 g/mol. The standard InChI is InChI=1S/C19H19N3OS/c23-19(17-12-15-5-1-2-6-16(15)24-17)21-13-14-7-8-20-18(11-14)22-9-3-4-10-22/h1-2,5-8,11-12H,3-4,9-10,13H2,(H,21,23). The lowest BCUT2D eigenvalue weighted by molar-refractivity contribution is 0.0955. The van der Waals surface area contributed by atoms with Crippen LogP contribution in [-0.4, -0.2) is 24.0 Å². The minimum absolute atomic E-state index is 0.0178. The zero-order valence-corrected chi connectivity index (χ0v) is 14.2. The monoisotopic (exact) mass is 337 g/mol. The van der Waals surface area contributed by atoms with Gasteiger partial charge in [0, 0.05) is 30.5 Å². The van der Waals surface area contributed by atoms with Gasteiger partial charge < -0.3 is 10.2 Å². The molecule has 3 aromatic rings. The summed E-state index contributed by atoms with van der Waals surface area (Å²) in [6.07, 6.45) is 4.29. The van der Waals surface area contributed by atoms with Gasteiger partial charge >= 0.3 is 0 Å². The minimum atomic E-state index is -0.0178. The van der Waals surface area contributed by atoms with Gasteiger partial charge in [-0.25, -0.2) is 4.98 Å². The summed E-state index contributed by atoms with van der Waals surface area (Å²) < 4.78 is 1.14. The molecule has 122 valence electrons. The lowest BCUT2D eigenvalue weighted by Gasteiger charge is -2.16. The maximum atomic E-state index is 12.4. The number of anilines is 1. The van der Waals surface area contributed by atoms with Gasteiger partial charge in [0.15, 0.2) is 0 Å². The number of aromatic nitrogens is 1. The minimum Gasteiger partial charge on any atom is -0.357 e. The molecule has 0 unspecified atom stereocenters. The molecule has 1 aliphatic rings. The summed E-state index contributed by atoms with van der Waals surface area (Å²) >= 11 is 1.53. The number of hydrogen-bond donors (Lipinski definition) is 1. The van der Waals surface area contributed by atoms with E-state index in [1.807, 2.05) is 42.6 Å². The van der Waals surface area contributed by atoms with E-state index < -0.39 is 0 Å². The Morgan fingerprint density at radius 3 is 2.83 bits per heavy atom. The SMILES string of the molecule is O=C(NCc1ccnc(N2CCCC2)c1)c1cc2ccccc2s1. The summed E-state index contributed by atoms with van der Waals surface area (Å²) in [5.41, 5.74) is 1.08. The number of benzene rings is 1. The van der Waals surface area contributed by atoms with Gasteiger partial charge in [0.1, 0.15) is 5.82 Å². The van der Waals surface area contributed by atoms with Crippen molar-refractivity contribution < 1.29 is 4.79 Å². The van der Waals surface area contributed by atoms with E-state index in [2.05, 4.69) is 21.3 Å². The highest BCUT2D eigenvalue weighted by Crippen LogP contribution is 2.25. The highest BCUT2D eigenvalue weighted by atomic mass is 32.1. The molecule has 1 saturated heterocycles. The van der Waals surface area contributed by atoms with Crippen LogP contribution in [0.2, 0.25) is 0 Å². The Labute approximate surface area is 145 Å². The quantitative estimate of drug-likeness (QED) is 0.787. The van der Waals surface area contributed by atoms with Gasteiger partial charge in [-0.3, -0.25) is 4.79 Å². The van der Waals surface area contributed by atoms with Gasteiger partial charge in [-0.1, -0.05) is 18.2 Å². The number of carbonyl (C=O) groups is 1. The maximum Gasteiger partial charge on any atom is 0.261 e. The smallest absolute Gasteiger partial charge is 0.261 e. The Balaban J connectivity index is 1.44. The molecule has 1 aliphatic heterocycles. The molecule has 0 saturated carbocycles. The fraction of sp³-hybridized carbons (Fsp3) is 0.263. The zero-order valence-electron chi connectivity index (χ0n) is 13.4. The molecule has 1 amide bonds. The first-order valence-electron chi connectivity index (χ1n) is 8.26. The molecule has 0 aliphatic carbocycles. The van der Waals surface area contributed by atoms with Crippen LogP contribution in [0.25, 0.3) is 10.1 Å². The third-order valence-electron chi connectivity index (χ3n) is 4.34. The normalized spacial score (nSPS) is 14.2. The topological polar surface area (TPSA) is 45.2 Å². The summed E-state index contributed by atoms with van der Waals surface area (Å²) in [5, 5.41) is 4.14. The van der Waals surface area contributed by atoms with Crippen LogP contribution in [0.15, 0.2) is 48.7 Å². The Morgan fingerprint density at radius 1 is 1.17 bits per heavy atom. The molecule has 1 fully saturated rings.